The number of hydrogen-bond donors (Lipinski definition) is 2. The standard InChI is InChI=1S/C21H21FN2O4/c1-2-28-18(25)15-5-9-17(10-6-15)24-20(27)21(11-12-21)19(26)23-13-14-3-7-16(22)8-4-14/h3-10H,2,11-13H2,1H3,(H,23,26)(H,24,27). The third kappa shape index (κ3) is 4.36. The third-order valence-corrected chi connectivity index (χ3v) is 4.64. The lowest BCUT2D eigenvalue weighted by atomic mass is 10.0. The average Bonchev–Trinajstić information content (AvgIpc) is 3.50. The van der Waals surface area contributed by atoms with Gasteiger partial charge in [0.15, 0.2) is 0 Å². The number of benzene rings is 2. The Morgan fingerprint density at radius 1 is 1.00 bits per heavy atom. The first-order valence-electron chi connectivity index (χ1n) is 9.06. The maximum atomic E-state index is 12.9. The van der Waals surface area contributed by atoms with E-state index in [4.69, 9.17) is 4.74 Å². The summed E-state index contributed by atoms with van der Waals surface area (Å²) in [7, 11) is 0. The molecule has 6 nitrogen and oxygen atoms in total. The average molecular weight is 384 g/mol. The molecule has 2 N–H and O–H groups in total. The number of halogens is 1. The van der Waals surface area contributed by atoms with E-state index in [1.165, 1.54) is 12.1 Å². The van der Waals surface area contributed by atoms with E-state index in [2.05, 4.69) is 10.6 Å². The van der Waals surface area contributed by atoms with Crippen molar-refractivity contribution in [2.75, 3.05) is 11.9 Å². The molecule has 0 saturated heterocycles. The number of ether oxygens (including phenoxy) is 1. The molecule has 0 unspecified atom stereocenters. The predicted molar refractivity (Wildman–Crippen MR) is 101 cm³/mol. The molecule has 7 heteroatoms. The van der Waals surface area contributed by atoms with Gasteiger partial charge in [0.05, 0.1) is 12.2 Å². The van der Waals surface area contributed by atoms with Crippen molar-refractivity contribution in [3.63, 3.8) is 0 Å². The van der Waals surface area contributed by atoms with Gasteiger partial charge in [-0.05, 0) is 61.7 Å². The van der Waals surface area contributed by atoms with Crippen molar-refractivity contribution in [1.29, 1.82) is 0 Å². The van der Waals surface area contributed by atoms with Gasteiger partial charge in [-0.25, -0.2) is 9.18 Å². The molecule has 0 aromatic heterocycles. The van der Waals surface area contributed by atoms with E-state index in [0.717, 1.165) is 5.56 Å². The van der Waals surface area contributed by atoms with Gasteiger partial charge in [0.2, 0.25) is 11.8 Å². The van der Waals surface area contributed by atoms with Crippen LogP contribution in [0.15, 0.2) is 48.5 Å². The Balaban J connectivity index is 1.57. The molecule has 1 saturated carbocycles. The molecular formula is C21H21FN2O4. The molecule has 0 spiro atoms. The van der Waals surface area contributed by atoms with Gasteiger partial charge in [-0.2, -0.15) is 0 Å². The quantitative estimate of drug-likeness (QED) is 0.568. The highest BCUT2D eigenvalue weighted by Gasteiger charge is 2.56. The molecule has 146 valence electrons. The van der Waals surface area contributed by atoms with Crippen LogP contribution < -0.4 is 10.6 Å². The monoisotopic (exact) mass is 384 g/mol. The summed E-state index contributed by atoms with van der Waals surface area (Å²) >= 11 is 0. The molecule has 1 aliphatic carbocycles. The highest BCUT2D eigenvalue weighted by atomic mass is 19.1. The first-order valence-corrected chi connectivity index (χ1v) is 9.06. The zero-order valence-electron chi connectivity index (χ0n) is 15.5. The van der Waals surface area contributed by atoms with Crippen LogP contribution in [0.5, 0.6) is 0 Å². The smallest absolute Gasteiger partial charge is 0.338 e. The van der Waals surface area contributed by atoms with Gasteiger partial charge < -0.3 is 15.4 Å². The second-order valence-corrected chi connectivity index (χ2v) is 6.64. The SMILES string of the molecule is CCOC(=O)c1ccc(NC(=O)C2(C(=O)NCc3ccc(F)cc3)CC2)cc1. The minimum atomic E-state index is -1.08. The van der Waals surface area contributed by atoms with E-state index >= 15 is 0 Å². The van der Waals surface area contributed by atoms with E-state index in [1.54, 1.807) is 43.3 Å². The predicted octanol–water partition coefficient (Wildman–Crippen LogP) is 3.04. The number of carbonyl (C=O) groups excluding carboxylic acids is 3. The number of carbonyl (C=O) groups is 3. The van der Waals surface area contributed by atoms with Crippen LogP contribution in [0.3, 0.4) is 0 Å². The molecule has 2 aromatic carbocycles. The normalized spacial score (nSPS) is 14.1. The van der Waals surface area contributed by atoms with Gasteiger partial charge in [0, 0.05) is 12.2 Å². The van der Waals surface area contributed by atoms with Crippen molar-refractivity contribution >= 4 is 23.5 Å². The number of anilines is 1. The van der Waals surface area contributed by atoms with Gasteiger partial charge in [-0.3, -0.25) is 9.59 Å². The van der Waals surface area contributed by atoms with Crippen molar-refractivity contribution < 1.29 is 23.5 Å². The molecule has 2 amide bonds. The van der Waals surface area contributed by atoms with Crippen molar-refractivity contribution in [3.05, 3.63) is 65.5 Å². The van der Waals surface area contributed by atoms with E-state index in [1.807, 2.05) is 0 Å². The summed E-state index contributed by atoms with van der Waals surface area (Å²) in [6, 6.07) is 12.1. The maximum absolute atomic E-state index is 12.9. The fourth-order valence-electron chi connectivity index (χ4n) is 2.79. The van der Waals surface area contributed by atoms with Gasteiger partial charge in [-0.15, -0.1) is 0 Å². The Labute approximate surface area is 162 Å². The van der Waals surface area contributed by atoms with Crippen LogP contribution in [-0.4, -0.2) is 24.4 Å². The van der Waals surface area contributed by atoms with Crippen LogP contribution in [0, 0.1) is 11.2 Å². The lowest BCUT2D eigenvalue weighted by molar-refractivity contribution is -0.134. The summed E-state index contributed by atoms with van der Waals surface area (Å²) in [5, 5.41) is 5.47. The second kappa shape index (κ2) is 8.21. The van der Waals surface area contributed by atoms with Gasteiger partial charge in [0.1, 0.15) is 11.2 Å². The number of rotatable bonds is 7. The topological polar surface area (TPSA) is 84.5 Å². The van der Waals surface area contributed by atoms with Crippen molar-refractivity contribution in [1.82, 2.24) is 5.32 Å². The minimum absolute atomic E-state index is 0.225. The molecule has 2 aromatic rings. The van der Waals surface area contributed by atoms with Crippen molar-refractivity contribution in [2.24, 2.45) is 5.41 Å². The zero-order valence-corrected chi connectivity index (χ0v) is 15.5. The Morgan fingerprint density at radius 2 is 1.64 bits per heavy atom. The molecule has 0 radical (unpaired) electrons. The lowest BCUT2D eigenvalue weighted by Gasteiger charge is -2.15. The maximum Gasteiger partial charge on any atom is 0.338 e. The second-order valence-electron chi connectivity index (χ2n) is 6.64. The van der Waals surface area contributed by atoms with Crippen LogP contribution >= 0.6 is 0 Å². The van der Waals surface area contributed by atoms with E-state index in [0.29, 0.717) is 24.1 Å². The Hall–Kier alpha value is -3.22. The van der Waals surface area contributed by atoms with Gasteiger partial charge in [-0.1, -0.05) is 12.1 Å². The summed E-state index contributed by atoms with van der Waals surface area (Å²) < 4.78 is 17.9. The van der Waals surface area contributed by atoms with Crippen LogP contribution in [-0.2, 0) is 20.9 Å². The lowest BCUT2D eigenvalue weighted by Crippen LogP contribution is -2.39. The fraction of sp³-hybridized carbons (Fsp3) is 0.286. The molecule has 0 aliphatic heterocycles. The molecule has 0 heterocycles. The zero-order chi connectivity index (χ0) is 20.1. The summed E-state index contributed by atoms with van der Waals surface area (Å²) in [6.07, 6.45) is 0.935. The Kier molecular flexibility index (Phi) is 5.73. The minimum Gasteiger partial charge on any atom is -0.462 e. The molecule has 1 fully saturated rings. The van der Waals surface area contributed by atoms with Crippen LogP contribution in [0.4, 0.5) is 10.1 Å². The van der Waals surface area contributed by atoms with E-state index in [-0.39, 0.29) is 30.8 Å². The molecule has 28 heavy (non-hydrogen) atoms. The summed E-state index contributed by atoms with van der Waals surface area (Å²) in [6.45, 7) is 2.23. The highest BCUT2D eigenvalue weighted by molar-refractivity contribution is 6.13. The molecule has 3 rings (SSSR count). The molecule has 0 bridgehead atoms. The third-order valence-electron chi connectivity index (χ3n) is 4.64. The first kappa shape index (κ1) is 19.5. The molecular weight excluding hydrogens is 363 g/mol. The highest BCUT2D eigenvalue weighted by Crippen LogP contribution is 2.46. The summed E-state index contributed by atoms with van der Waals surface area (Å²) in [5.74, 6) is -1.51. The van der Waals surface area contributed by atoms with Crippen LogP contribution in [0.25, 0.3) is 0 Å². The van der Waals surface area contributed by atoms with Gasteiger partial charge >= 0.3 is 5.97 Å². The largest absolute Gasteiger partial charge is 0.462 e. The van der Waals surface area contributed by atoms with Gasteiger partial charge in [0.25, 0.3) is 0 Å². The van der Waals surface area contributed by atoms with E-state index < -0.39 is 11.4 Å². The molecule has 1 aliphatic rings. The fourth-order valence-corrected chi connectivity index (χ4v) is 2.79. The van der Waals surface area contributed by atoms with E-state index in [9.17, 15) is 18.8 Å². The Morgan fingerprint density at radius 3 is 2.21 bits per heavy atom. The van der Waals surface area contributed by atoms with Crippen LogP contribution in [0.1, 0.15) is 35.7 Å². The first-order chi connectivity index (χ1) is 13.4. The number of hydrogen-bond acceptors (Lipinski definition) is 4. The summed E-state index contributed by atoms with van der Waals surface area (Å²) in [5.41, 5.74) is 0.550. The molecule has 0 atom stereocenters. The summed E-state index contributed by atoms with van der Waals surface area (Å²) in [4.78, 5) is 36.8. The van der Waals surface area contributed by atoms with Crippen LogP contribution in [0.2, 0.25) is 0 Å². The number of amides is 2. The Bertz CT molecular complexity index is 874. The number of nitrogens with one attached hydrogen (secondary N) is 2. The number of esters is 1. The van der Waals surface area contributed by atoms with Crippen molar-refractivity contribution in [2.45, 2.75) is 26.3 Å². The van der Waals surface area contributed by atoms with Crippen molar-refractivity contribution in [3.8, 4) is 0 Å².